The molecule has 102 valence electrons. The number of hydrogen-bond donors (Lipinski definition) is 1. The molecule has 6 heteroatoms. The summed E-state index contributed by atoms with van der Waals surface area (Å²) >= 11 is 0. The van der Waals surface area contributed by atoms with Gasteiger partial charge in [-0.2, -0.15) is 5.06 Å². The van der Waals surface area contributed by atoms with Crippen LogP contribution < -0.4 is 0 Å². The lowest BCUT2D eigenvalue weighted by Crippen LogP contribution is -2.53. The van der Waals surface area contributed by atoms with Crippen LogP contribution in [0.3, 0.4) is 0 Å². The van der Waals surface area contributed by atoms with Crippen LogP contribution in [0, 0.1) is 17.8 Å². The van der Waals surface area contributed by atoms with Gasteiger partial charge in [-0.15, -0.1) is 0 Å². The van der Waals surface area contributed by atoms with Crippen molar-refractivity contribution in [2.24, 2.45) is 17.8 Å². The zero-order chi connectivity index (χ0) is 13.3. The number of rotatable bonds is 3. The molecule has 0 aromatic heterocycles. The largest absolute Gasteiger partial charge is 0.396 e. The summed E-state index contributed by atoms with van der Waals surface area (Å²) in [5, 5.41) is 10.2. The van der Waals surface area contributed by atoms with Gasteiger partial charge in [0.05, 0.1) is 13.2 Å². The molecule has 0 aromatic rings. The highest BCUT2D eigenvalue weighted by Crippen LogP contribution is 2.41. The van der Waals surface area contributed by atoms with Crippen LogP contribution in [0.1, 0.15) is 19.3 Å². The first kappa shape index (κ1) is 13.5. The molecule has 4 unspecified atom stereocenters. The number of hydrogen-bond acceptors (Lipinski definition) is 5. The zero-order valence-electron chi connectivity index (χ0n) is 10.7. The van der Waals surface area contributed by atoms with E-state index in [0.717, 1.165) is 5.06 Å². The van der Waals surface area contributed by atoms with Crippen LogP contribution in [0.2, 0.25) is 0 Å². The van der Waals surface area contributed by atoms with Gasteiger partial charge in [-0.05, 0) is 18.8 Å². The van der Waals surface area contributed by atoms with Crippen molar-refractivity contribution in [3.05, 3.63) is 0 Å². The first-order chi connectivity index (χ1) is 8.62. The van der Waals surface area contributed by atoms with Crippen molar-refractivity contribution >= 4 is 11.8 Å². The van der Waals surface area contributed by atoms with Crippen LogP contribution in [-0.2, 0) is 19.2 Å². The van der Waals surface area contributed by atoms with Crippen molar-refractivity contribution in [1.82, 2.24) is 5.06 Å². The normalized spacial score (nSPS) is 36.7. The smallest absolute Gasteiger partial charge is 0.256 e. The van der Waals surface area contributed by atoms with Gasteiger partial charge in [0, 0.05) is 32.0 Å². The second-order valence-electron chi connectivity index (χ2n) is 4.97. The second kappa shape index (κ2) is 5.34. The average Bonchev–Trinajstić information content (AvgIpc) is 2.37. The Bertz CT molecular complexity index is 345. The fourth-order valence-corrected chi connectivity index (χ4v) is 3.12. The van der Waals surface area contributed by atoms with E-state index < -0.39 is 0 Å². The lowest BCUT2D eigenvalue weighted by molar-refractivity contribution is -0.203. The third kappa shape index (κ3) is 2.15. The van der Waals surface area contributed by atoms with Crippen molar-refractivity contribution in [1.29, 1.82) is 0 Å². The standard InChI is InChI=1S/C12H19NO5/c1-17-10-5-9-7(3-8(10)6-14)4-11(15)13(18-2)12(9)16/h7-10,14H,3-6H2,1-2H3. The maximum absolute atomic E-state index is 12.1. The molecule has 18 heavy (non-hydrogen) atoms. The summed E-state index contributed by atoms with van der Waals surface area (Å²) in [5.74, 6) is -0.810. The topological polar surface area (TPSA) is 76.1 Å². The molecule has 1 aliphatic carbocycles. The fraction of sp³-hybridized carbons (Fsp3) is 0.833. The molecular weight excluding hydrogens is 238 g/mol. The number of methoxy groups -OCH3 is 1. The van der Waals surface area contributed by atoms with Crippen molar-refractivity contribution in [2.75, 3.05) is 20.8 Å². The number of aliphatic hydroxyl groups is 1. The van der Waals surface area contributed by atoms with Gasteiger partial charge in [0.1, 0.15) is 0 Å². The number of carbonyl (C=O) groups is 2. The molecule has 2 rings (SSSR count). The van der Waals surface area contributed by atoms with Crippen molar-refractivity contribution < 1.29 is 24.3 Å². The molecule has 0 spiro atoms. The van der Waals surface area contributed by atoms with Crippen LogP contribution >= 0.6 is 0 Å². The quantitative estimate of drug-likeness (QED) is 0.718. The summed E-state index contributed by atoms with van der Waals surface area (Å²) in [7, 11) is 2.91. The van der Waals surface area contributed by atoms with Gasteiger partial charge in [-0.3, -0.25) is 14.4 Å². The molecule has 1 aliphatic heterocycles. The molecule has 1 heterocycles. The van der Waals surface area contributed by atoms with E-state index in [1.807, 2.05) is 0 Å². The summed E-state index contributed by atoms with van der Waals surface area (Å²) < 4.78 is 5.33. The van der Waals surface area contributed by atoms with E-state index in [2.05, 4.69) is 0 Å². The fourth-order valence-electron chi connectivity index (χ4n) is 3.12. The number of aliphatic hydroxyl groups excluding tert-OH is 1. The highest BCUT2D eigenvalue weighted by molar-refractivity contribution is 5.98. The lowest BCUT2D eigenvalue weighted by atomic mass is 9.69. The number of nitrogens with zero attached hydrogens (tertiary/aromatic N) is 1. The molecule has 2 fully saturated rings. The molecule has 0 radical (unpaired) electrons. The van der Waals surface area contributed by atoms with E-state index in [9.17, 15) is 14.7 Å². The van der Waals surface area contributed by atoms with Crippen molar-refractivity contribution in [3.8, 4) is 0 Å². The third-order valence-electron chi connectivity index (χ3n) is 4.09. The molecule has 1 saturated heterocycles. The molecule has 0 bridgehead atoms. The number of fused-ring (bicyclic) bond motifs is 1. The number of ether oxygens (including phenoxy) is 1. The SMILES string of the molecule is COC1CC2C(=O)N(OC)C(=O)CC2CC1CO. The summed E-state index contributed by atoms with van der Waals surface area (Å²) in [6.45, 7) is 0.0259. The minimum atomic E-state index is -0.295. The monoisotopic (exact) mass is 257 g/mol. The van der Waals surface area contributed by atoms with Crippen LogP contribution in [0.5, 0.6) is 0 Å². The van der Waals surface area contributed by atoms with Gasteiger partial charge in [-0.1, -0.05) is 0 Å². The number of carbonyl (C=O) groups excluding carboxylic acids is 2. The van der Waals surface area contributed by atoms with Gasteiger partial charge >= 0.3 is 0 Å². The molecule has 0 aromatic carbocycles. The van der Waals surface area contributed by atoms with E-state index in [1.54, 1.807) is 7.11 Å². The van der Waals surface area contributed by atoms with E-state index >= 15 is 0 Å². The predicted molar refractivity (Wildman–Crippen MR) is 61.1 cm³/mol. The van der Waals surface area contributed by atoms with Gasteiger partial charge < -0.3 is 9.84 Å². The molecule has 6 nitrogen and oxygen atoms in total. The summed E-state index contributed by atoms with van der Waals surface area (Å²) in [5.41, 5.74) is 0. The number of imide groups is 1. The lowest BCUT2D eigenvalue weighted by Gasteiger charge is -2.43. The number of piperidine rings is 1. The molecule has 2 amide bonds. The van der Waals surface area contributed by atoms with Gasteiger partial charge in [0.25, 0.3) is 11.8 Å². The van der Waals surface area contributed by atoms with Crippen LogP contribution in [0.15, 0.2) is 0 Å². The van der Waals surface area contributed by atoms with Gasteiger partial charge in [0.2, 0.25) is 0 Å². The maximum Gasteiger partial charge on any atom is 0.256 e. The van der Waals surface area contributed by atoms with E-state index in [-0.39, 0.29) is 42.3 Å². The van der Waals surface area contributed by atoms with Crippen LogP contribution in [-0.4, -0.2) is 48.9 Å². The molecule has 1 saturated carbocycles. The minimum Gasteiger partial charge on any atom is -0.396 e. The van der Waals surface area contributed by atoms with Crippen molar-refractivity contribution in [2.45, 2.75) is 25.4 Å². The van der Waals surface area contributed by atoms with Crippen LogP contribution in [0.4, 0.5) is 0 Å². The van der Waals surface area contributed by atoms with Crippen molar-refractivity contribution in [3.63, 3.8) is 0 Å². The predicted octanol–water partition coefficient (Wildman–Crippen LogP) is -0.0436. The Hall–Kier alpha value is -0.980. The molecular formula is C12H19NO5. The summed E-state index contributed by atoms with van der Waals surface area (Å²) in [6, 6.07) is 0. The zero-order valence-corrected chi connectivity index (χ0v) is 10.7. The highest BCUT2D eigenvalue weighted by Gasteiger charge is 2.47. The highest BCUT2D eigenvalue weighted by atomic mass is 16.7. The molecule has 2 aliphatic rings. The number of amides is 2. The Kier molecular flexibility index (Phi) is 3.99. The average molecular weight is 257 g/mol. The Labute approximate surface area is 106 Å². The number of hydroxylamine groups is 2. The third-order valence-corrected chi connectivity index (χ3v) is 4.09. The van der Waals surface area contributed by atoms with E-state index in [4.69, 9.17) is 9.57 Å². The Morgan fingerprint density at radius 1 is 1.33 bits per heavy atom. The molecule has 1 N–H and O–H groups in total. The van der Waals surface area contributed by atoms with Crippen LogP contribution in [0.25, 0.3) is 0 Å². The maximum atomic E-state index is 12.1. The Balaban J connectivity index is 2.16. The first-order valence-corrected chi connectivity index (χ1v) is 6.16. The van der Waals surface area contributed by atoms with Gasteiger partial charge in [-0.25, -0.2) is 0 Å². The summed E-state index contributed by atoms with van der Waals surface area (Å²) in [4.78, 5) is 28.7. The van der Waals surface area contributed by atoms with E-state index in [0.29, 0.717) is 19.3 Å². The minimum absolute atomic E-state index is 0.0000463. The van der Waals surface area contributed by atoms with E-state index in [1.165, 1.54) is 7.11 Å². The van der Waals surface area contributed by atoms with Gasteiger partial charge in [0.15, 0.2) is 0 Å². The summed E-state index contributed by atoms with van der Waals surface area (Å²) in [6.07, 6.45) is 1.36. The second-order valence-corrected chi connectivity index (χ2v) is 4.97. The first-order valence-electron chi connectivity index (χ1n) is 6.16. The Morgan fingerprint density at radius 2 is 2.06 bits per heavy atom. The molecule has 4 atom stereocenters. The Morgan fingerprint density at radius 3 is 2.61 bits per heavy atom.